The Labute approximate surface area is 162 Å². The number of ether oxygens (including phenoxy) is 1. The summed E-state index contributed by atoms with van der Waals surface area (Å²) in [6.07, 6.45) is -2.62. The Kier molecular flexibility index (Phi) is 4.69. The van der Waals surface area contributed by atoms with Gasteiger partial charge in [-0.1, -0.05) is 12.1 Å². The lowest BCUT2D eigenvalue weighted by Gasteiger charge is -2.39. The Hall–Kier alpha value is -3.43. The predicted octanol–water partition coefficient (Wildman–Crippen LogP) is 2.10. The molecule has 0 atom stereocenters. The fourth-order valence-electron chi connectivity index (χ4n) is 3.01. The number of hydrogen-bond acceptors (Lipinski definition) is 5. The van der Waals surface area contributed by atoms with Crippen molar-refractivity contribution in [1.29, 1.82) is 0 Å². The number of pyridine rings is 1. The average Bonchev–Trinajstić information content (AvgIpc) is 2.66. The van der Waals surface area contributed by atoms with Crippen LogP contribution in [0.15, 0.2) is 53.7 Å². The van der Waals surface area contributed by atoms with Crippen molar-refractivity contribution in [1.82, 2.24) is 19.4 Å². The molecule has 29 heavy (non-hydrogen) atoms. The molecule has 150 valence electrons. The standard InChI is InChI=1S/C19H15F3N4O3/c20-19(21,22)16-7-12(5-6-23-16)29-13-8-25(9-13)17(27)10-26-11-24-15-4-2-1-3-14(15)18(26)28/h1-7,11,13H,8-10H2. The van der Waals surface area contributed by atoms with Crippen LogP contribution in [0, 0.1) is 0 Å². The Morgan fingerprint density at radius 3 is 2.69 bits per heavy atom. The molecule has 0 aliphatic carbocycles. The number of carbonyl (C=O) groups excluding carboxylic acids is 1. The second-order valence-corrected chi connectivity index (χ2v) is 6.61. The summed E-state index contributed by atoms with van der Waals surface area (Å²) in [7, 11) is 0. The summed E-state index contributed by atoms with van der Waals surface area (Å²) in [6, 6.07) is 9.00. The number of fused-ring (bicyclic) bond motifs is 1. The van der Waals surface area contributed by atoms with Crippen LogP contribution >= 0.6 is 0 Å². The van der Waals surface area contributed by atoms with Crippen molar-refractivity contribution in [3.05, 3.63) is 65.0 Å². The first-order chi connectivity index (χ1) is 13.8. The molecule has 10 heteroatoms. The predicted molar refractivity (Wildman–Crippen MR) is 96.2 cm³/mol. The van der Waals surface area contributed by atoms with Gasteiger partial charge in [0, 0.05) is 12.3 Å². The molecule has 1 saturated heterocycles. The first kappa shape index (κ1) is 18.9. The molecule has 1 aliphatic rings. The minimum Gasteiger partial charge on any atom is -0.487 e. The summed E-state index contributed by atoms with van der Waals surface area (Å²) in [6.45, 7) is 0.271. The molecule has 1 aromatic carbocycles. The zero-order chi connectivity index (χ0) is 20.6. The second-order valence-electron chi connectivity index (χ2n) is 6.61. The van der Waals surface area contributed by atoms with Gasteiger partial charge in [-0.25, -0.2) is 4.98 Å². The van der Waals surface area contributed by atoms with Crippen molar-refractivity contribution >= 4 is 16.8 Å². The van der Waals surface area contributed by atoms with Gasteiger partial charge in [0.05, 0.1) is 30.3 Å². The van der Waals surface area contributed by atoms with Crippen molar-refractivity contribution in [2.45, 2.75) is 18.8 Å². The molecular formula is C19H15F3N4O3. The highest BCUT2D eigenvalue weighted by atomic mass is 19.4. The van der Waals surface area contributed by atoms with Gasteiger partial charge in [0.15, 0.2) is 0 Å². The molecule has 2 aromatic heterocycles. The third-order valence-electron chi connectivity index (χ3n) is 4.56. The average molecular weight is 404 g/mol. The summed E-state index contributed by atoms with van der Waals surface area (Å²) in [5.74, 6) is -0.255. The third-order valence-corrected chi connectivity index (χ3v) is 4.56. The van der Waals surface area contributed by atoms with Crippen LogP contribution in [0.1, 0.15) is 5.69 Å². The number of benzene rings is 1. The summed E-state index contributed by atoms with van der Waals surface area (Å²) in [5.41, 5.74) is -0.798. The van der Waals surface area contributed by atoms with E-state index >= 15 is 0 Å². The van der Waals surface area contributed by atoms with Crippen LogP contribution in [-0.2, 0) is 17.5 Å². The number of likely N-dealkylation sites (tertiary alicyclic amines) is 1. The molecule has 7 nitrogen and oxygen atoms in total. The van der Waals surface area contributed by atoms with Crippen molar-refractivity contribution in [2.75, 3.05) is 13.1 Å². The lowest BCUT2D eigenvalue weighted by Crippen LogP contribution is -2.57. The number of carbonyl (C=O) groups is 1. The summed E-state index contributed by atoms with van der Waals surface area (Å²) >= 11 is 0. The molecule has 1 aliphatic heterocycles. The topological polar surface area (TPSA) is 77.3 Å². The van der Waals surface area contributed by atoms with Crippen LogP contribution in [0.3, 0.4) is 0 Å². The monoisotopic (exact) mass is 404 g/mol. The number of hydrogen-bond donors (Lipinski definition) is 0. The van der Waals surface area contributed by atoms with Gasteiger partial charge >= 0.3 is 6.18 Å². The van der Waals surface area contributed by atoms with Gasteiger partial charge < -0.3 is 9.64 Å². The number of amides is 1. The molecular weight excluding hydrogens is 389 g/mol. The molecule has 0 radical (unpaired) electrons. The SMILES string of the molecule is O=C(Cn1cnc2ccccc2c1=O)N1CC(Oc2ccnc(C(F)(F)F)c2)C1. The highest BCUT2D eigenvalue weighted by Crippen LogP contribution is 2.30. The highest BCUT2D eigenvalue weighted by molar-refractivity contribution is 5.79. The van der Waals surface area contributed by atoms with Gasteiger partial charge in [0.2, 0.25) is 5.91 Å². The van der Waals surface area contributed by atoms with Gasteiger partial charge in [0.25, 0.3) is 5.56 Å². The highest BCUT2D eigenvalue weighted by Gasteiger charge is 2.35. The zero-order valence-corrected chi connectivity index (χ0v) is 15.0. The largest absolute Gasteiger partial charge is 0.487 e. The molecule has 0 saturated carbocycles. The van der Waals surface area contributed by atoms with E-state index in [1.54, 1.807) is 24.3 Å². The van der Waals surface area contributed by atoms with Crippen molar-refractivity contribution in [3.8, 4) is 5.75 Å². The minimum absolute atomic E-state index is 0.0411. The Morgan fingerprint density at radius 1 is 1.17 bits per heavy atom. The van der Waals surface area contributed by atoms with Gasteiger partial charge in [-0.2, -0.15) is 13.2 Å². The lowest BCUT2D eigenvalue weighted by atomic mass is 10.1. The molecule has 0 spiro atoms. The molecule has 0 N–H and O–H groups in total. The van der Waals surface area contributed by atoms with E-state index in [2.05, 4.69) is 9.97 Å². The van der Waals surface area contributed by atoms with E-state index in [9.17, 15) is 22.8 Å². The summed E-state index contributed by atoms with van der Waals surface area (Å²) in [5, 5.41) is 0.422. The van der Waals surface area contributed by atoms with Gasteiger partial charge in [-0.3, -0.25) is 19.1 Å². The molecule has 3 heterocycles. The number of nitrogens with zero attached hydrogens (tertiary/aromatic N) is 4. The quantitative estimate of drug-likeness (QED) is 0.666. The van der Waals surface area contributed by atoms with E-state index in [0.29, 0.717) is 10.9 Å². The molecule has 3 aromatic rings. The molecule has 1 amide bonds. The first-order valence-electron chi connectivity index (χ1n) is 8.73. The van der Waals surface area contributed by atoms with E-state index in [0.717, 1.165) is 12.3 Å². The van der Waals surface area contributed by atoms with Crippen LogP contribution < -0.4 is 10.3 Å². The summed E-state index contributed by atoms with van der Waals surface area (Å²) in [4.78, 5) is 33.7. The van der Waals surface area contributed by atoms with Crippen LogP contribution in [-0.4, -0.2) is 44.5 Å². The molecule has 4 rings (SSSR count). The van der Waals surface area contributed by atoms with Crippen LogP contribution in [0.4, 0.5) is 13.2 Å². The van der Waals surface area contributed by atoms with E-state index in [4.69, 9.17) is 4.74 Å². The second kappa shape index (κ2) is 7.19. The first-order valence-corrected chi connectivity index (χ1v) is 8.73. The van der Waals surface area contributed by atoms with Crippen LogP contribution in [0.2, 0.25) is 0 Å². The van der Waals surface area contributed by atoms with Crippen molar-refractivity contribution < 1.29 is 22.7 Å². The number of rotatable bonds is 4. The van der Waals surface area contributed by atoms with Crippen LogP contribution in [0.25, 0.3) is 10.9 Å². The number of aromatic nitrogens is 3. The maximum atomic E-state index is 12.7. The zero-order valence-electron chi connectivity index (χ0n) is 15.0. The van der Waals surface area contributed by atoms with Gasteiger partial charge in [0.1, 0.15) is 24.1 Å². The van der Waals surface area contributed by atoms with E-state index in [-0.39, 0.29) is 36.9 Å². The smallest absolute Gasteiger partial charge is 0.433 e. The molecule has 0 bridgehead atoms. The Bertz CT molecular complexity index is 1120. The van der Waals surface area contributed by atoms with Gasteiger partial charge in [-0.15, -0.1) is 0 Å². The molecule has 1 fully saturated rings. The third kappa shape index (κ3) is 3.91. The summed E-state index contributed by atoms with van der Waals surface area (Å²) < 4.78 is 44.8. The van der Waals surface area contributed by atoms with Crippen LogP contribution in [0.5, 0.6) is 5.75 Å². The van der Waals surface area contributed by atoms with E-state index in [1.165, 1.54) is 21.9 Å². The van der Waals surface area contributed by atoms with E-state index < -0.39 is 18.0 Å². The van der Waals surface area contributed by atoms with Crippen molar-refractivity contribution in [3.63, 3.8) is 0 Å². The maximum Gasteiger partial charge on any atom is 0.433 e. The fraction of sp³-hybridized carbons (Fsp3) is 0.263. The normalized spacial score (nSPS) is 14.7. The van der Waals surface area contributed by atoms with E-state index in [1.807, 2.05) is 0 Å². The number of para-hydroxylation sites is 1. The maximum absolute atomic E-state index is 12.7. The molecule has 0 unspecified atom stereocenters. The minimum atomic E-state index is -4.55. The number of alkyl halides is 3. The van der Waals surface area contributed by atoms with Gasteiger partial charge in [-0.05, 0) is 18.2 Å². The number of halogens is 3. The van der Waals surface area contributed by atoms with Crippen molar-refractivity contribution in [2.24, 2.45) is 0 Å². The Morgan fingerprint density at radius 2 is 1.93 bits per heavy atom. The fourth-order valence-corrected chi connectivity index (χ4v) is 3.01. The Balaban J connectivity index is 1.36. The lowest BCUT2D eigenvalue weighted by molar-refractivity contribution is -0.141.